The molecule has 0 radical (unpaired) electrons. The molecule has 108 valence electrons. The van der Waals surface area contributed by atoms with Crippen LogP contribution in [0.25, 0.3) is 0 Å². The number of aromatic carboxylic acids is 1. The number of rotatable bonds is 5. The predicted molar refractivity (Wildman–Crippen MR) is 74.0 cm³/mol. The van der Waals surface area contributed by atoms with Gasteiger partial charge in [0.2, 0.25) is 0 Å². The van der Waals surface area contributed by atoms with E-state index in [0.717, 1.165) is 19.4 Å². The van der Waals surface area contributed by atoms with Crippen LogP contribution < -0.4 is 0 Å². The first kappa shape index (κ1) is 14.5. The molecule has 1 aliphatic rings. The van der Waals surface area contributed by atoms with Crippen LogP contribution in [0, 0.1) is 0 Å². The van der Waals surface area contributed by atoms with Crippen molar-refractivity contribution in [3.05, 3.63) is 35.4 Å². The number of carboxylic acids is 1. The van der Waals surface area contributed by atoms with E-state index in [0.29, 0.717) is 18.7 Å². The van der Waals surface area contributed by atoms with E-state index < -0.39 is 5.97 Å². The Hall–Kier alpha value is -1.88. The van der Waals surface area contributed by atoms with Crippen molar-refractivity contribution in [3.63, 3.8) is 0 Å². The molecule has 1 fully saturated rings. The number of likely N-dealkylation sites (N-methyl/N-ethyl adjacent to an activating group) is 1. The lowest BCUT2D eigenvalue weighted by atomic mass is 10.1. The quantitative estimate of drug-likeness (QED) is 0.894. The van der Waals surface area contributed by atoms with Gasteiger partial charge in [0.05, 0.1) is 11.7 Å². The molecule has 1 aromatic rings. The van der Waals surface area contributed by atoms with Gasteiger partial charge in [-0.3, -0.25) is 4.79 Å². The predicted octanol–water partition coefficient (Wildman–Crippen LogP) is 2.03. The second-order valence-corrected chi connectivity index (χ2v) is 4.86. The summed E-state index contributed by atoms with van der Waals surface area (Å²) in [4.78, 5) is 25.1. The summed E-state index contributed by atoms with van der Waals surface area (Å²) in [6, 6.07) is 6.14. The van der Waals surface area contributed by atoms with Crippen molar-refractivity contribution < 1.29 is 19.4 Å². The summed E-state index contributed by atoms with van der Waals surface area (Å²) >= 11 is 0. The number of benzene rings is 1. The van der Waals surface area contributed by atoms with Crippen molar-refractivity contribution in [3.8, 4) is 0 Å². The average Bonchev–Trinajstić information content (AvgIpc) is 2.97. The minimum absolute atomic E-state index is 0.0987. The molecule has 0 bridgehead atoms. The summed E-state index contributed by atoms with van der Waals surface area (Å²) < 4.78 is 5.55. The van der Waals surface area contributed by atoms with E-state index in [9.17, 15) is 9.59 Å². The molecule has 1 saturated heterocycles. The van der Waals surface area contributed by atoms with Gasteiger partial charge in [-0.15, -0.1) is 0 Å². The molecule has 0 aromatic heterocycles. The zero-order chi connectivity index (χ0) is 14.5. The highest BCUT2D eigenvalue weighted by Gasteiger charge is 2.22. The fourth-order valence-corrected chi connectivity index (χ4v) is 2.36. The van der Waals surface area contributed by atoms with Gasteiger partial charge in [0.1, 0.15) is 0 Å². The number of carboxylic acid groups (broad SMARTS) is 1. The Bertz CT molecular complexity index is 494. The van der Waals surface area contributed by atoms with Gasteiger partial charge < -0.3 is 14.7 Å². The largest absolute Gasteiger partial charge is 0.478 e. The number of amides is 1. The van der Waals surface area contributed by atoms with Gasteiger partial charge in [-0.05, 0) is 38.0 Å². The van der Waals surface area contributed by atoms with Crippen LogP contribution in [0.15, 0.2) is 24.3 Å². The monoisotopic (exact) mass is 277 g/mol. The average molecular weight is 277 g/mol. The van der Waals surface area contributed by atoms with Crippen molar-refractivity contribution in [2.75, 3.05) is 19.7 Å². The number of ether oxygens (including phenoxy) is 1. The minimum atomic E-state index is -1.03. The molecule has 1 aromatic carbocycles. The molecule has 1 N–H and O–H groups in total. The molecule has 5 heteroatoms. The SMILES string of the molecule is CCN(CC1CCCO1)C(=O)c1cccc(C(=O)O)c1. The summed E-state index contributed by atoms with van der Waals surface area (Å²) in [7, 11) is 0. The fourth-order valence-electron chi connectivity index (χ4n) is 2.36. The molecule has 1 atom stereocenters. The first-order chi connectivity index (χ1) is 9.61. The van der Waals surface area contributed by atoms with Gasteiger partial charge in [0, 0.05) is 25.3 Å². The normalized spacial score (nSPS) is 17.9. The van der Waals surface area contributed by atoms with E-state index in [2.05, 4.69) is 0 Å². The molecule has 1 heterocycles. The van der Waals surface area contributed by atoms with Crippen molar-refractivity contribution in [1.29, 1.82) is 0 Å². The topological polar surface area (TPSA) is 66.8 Å². The van der Waals surface area contributed by atoms with Crippen molar-refractivity contribution in [2.45, 2.75) is 25.9 Å². The number of nitrogens with zero attached hydrogens (tertiary/aromatic N) is 1. The Morgan fingerprint density at radius 2 is 2.15 bits per heavy atom. The number of carbonyl (C=O) groups is 2. The van der Waals surface area contributed by atoms with Crippen LogP contribution in [0.1, 0.15) is 40.5 Å². The van der Waals surface area contributed by atoms with Gasteiger partial charge >= 0.3 is 5.97 Å². The van der Waals surface area contributed by atoms with Gasteiger partial charge in [-0.1, -0.05) is 6.07 Å². The van der Waals surface area contributed by atoms with E-state index >= 15 is 0 Å². The summed E-state index contributed by atoms with van der Waals surface area (Å²) in [6.45, 7) is 3.81. The molecular weight excluding hydrogens is 258 g/mol. The lowest BCUT2D eigenvalue weighted by molar-refractivity contribution is 0.0539. The minimum Gasteiger partial charge on any atom is -0.478 e. The van der Waals surface area contributed by atoms with E-state index in [-0.39, 0.29) is 17.6 Å². The van der Waals surface area contributed by atoms with E-state index in [1.807, 2.05) is 6.92 Å². The highest BCUT2D eigenvalue weighted by Crippen LogP contribution is 2.15. The van der Waals surface area contributed by atoms with Gasteiger partial charge in [-0.2, -0.15) is 0 Å². The molecule has 0 aliphatic carbocycles. The molecule has 1 unspecified atom stereocenters. The summed E-state index contributed by atoms with van der Waals surface area (Å²) in [6.07, 6.45) is 2.10. The zero-order valence-electron chi connectivity index (χ0n) is 11.5. The molecule has 5 nitrogen and oxygen atoms in total. The van der Waals surface area contributed by atoms with Crippen LogP contribution >= 0.6 is 0 Å². The Labute approximate surface area is 118 Å². The summed E-state index contributed by atoms with van der Waals surface area (Å²) in [5.74, 6) is -1.17. The van der Waals surface area contributed by atoms with Crippen LogP contribution in [0.5, 0.6) is 0 Å². The third kappa shape index (κ3) is 3.36. The third-order valence-electron chi connectivity index (χ3n) is 3.47. The molecule has 2 rings (SSSR count). The second-order valence-electron chi connectivity index (χ2n) is 4.86. The van der Waals surface area contributed by atoms with Crippen molar-refractivity contribution >= 4 is 11.9 Å². The lowest BCUT2D eigenvalue weighted by Gasteiger charge is -2.24. The summed E-state index contributed by atoms with van der Waals surface area (Å²) in [5.41, 5.74) is 0.536. The molecular formula is C15H19NO4. The third-order valence-corrected chi connectivity index (χ3v) is 3.47. The molecule has 0 saturated carbocycles. The highest BCUT2D eigenvalue weighted by molar-refractivity contribution is 5.97. The first-order valence-electron chi connectivity index (χ1n) is 6.86. The van der Waals surface area contributed by atoms with Crippen LogP contribution in [-0.4, -0.2) is 47.7 Å². The van der Waals surface area contributed by atoms with Gasteiger partial charge in [0.15, 0.2) is 0 Å². The van der Waals surface area contributed by atoms with Crippen LogP contribution in [0.2, 0.25) is 0 Å². The van der Waals surface area contributed by atoms with Crippen molar-refractivity contribution in [2.24, 2.45) is 0 Å². The lowest BCUT2D eigenvalue weighted by Crippen LogP contribution is -2.37. The van der Waals surface area contributed by atoms with Crippen LogP contribution in [-0.2, 0) is 4.74 Å². The van der Waals surface area contributed by atoms with E-state index in [1.54, 1.807) is 17.0 Å². The van der Waals surface area contributed by atoms with Gasteiger partial charge in [0.25, 0.3) is 5.91 Å². The fraction of sp³-hybridized carbons (Fsp3) is 0.467. The number of carbonyl (C=O) groups excluding carboxylic acids is 1. The summed E-state index contributed by atoms with van der Waals surface area (Å²) in [5, 5.41) is 8.97. The zero-order valence-corrected chi connectivity index (χ0v) is 11.5. The van der Waals surface area contributed by atoms with E-state index in [4.69, 9.17) is 9.84 Å². The Morgan fingerprint density at radius 1 is 1.40 bits per heavy atom. The second kappa shape index (κ2) is 6.52. The first-order valence-corrected chi connectivity index (χ1v) is 6.86. The van der Waals surface area contributed by atoms with Crippen LogP contribution in [0.4, 0.5) is 0 Å². The Kier molecular flexibility index (Phi) is 4.74. The maximum Gasteiger partial charge on any atom is 0.335 e. The smallest absolute Gasteiger partial charge is 0.335 e. The molecule has 1 amide bonds. The highest BCUT2D eigenvalue weighted by atomic mass is 16.5. The Balaban J connectivity index is 2.10. The maximum absolute atomic E-state index is 12.4. The molecule has 0 spiro atoms. The number of hydrogen-bond donors (Lipinski definition) is 1. The van der Waals surface area contributed by atoms with Crippen LogP contribution in [0.3, 0.4) is 0 Å². The molecule has 20 heavy (non-hydrogen) atoms. The van der Waals surface area contributed by atoms with Gasteiger partial charge in [-0.25, -0.2) is 4.79 Å². The standard InChI is InChI=1S/C15H19NO4/c1-2-16(10-13-7-4-8-20-13)14(17)11-5-3-6-12(9-11)15(18)19/h3,5-6,9,13H,2,4,7-8,10H2,1H3,(H,18,19). The van der Waals surface area contributed by atoms with Crippen molar-refractivity contribution in [1.82, 2.24) is 4.90 Å². The van der Waals surface area contributed by atoms with E-state index in [1.165, 1.54) is 12.1 Å². The number of hydrogen-bond acceptors (Lipinski definition) is 3. The molecule has 1 aliphatic heterocycles. The Morgan fingerprint density at radius 3 is 2.75 bits per heavy atom. The maximum atomic E-state index is 12.4.